The standard InChI is InChI=1S/C18H19F3N2O2S/c1-2-11-3-5-12(6-4-11)16-22-13(10-26-16)7-23-8-14(17(24)25)15(9-23)18(19,20)21/h3-6,10,14-15H,2,7-9H2,1H3,(H,24,25)/t14-,15-/m1/s1. The maximum atomic E-state index is 13.1. The molecule has 140 valence electrons. The van der Waals surface area contributed by atoms with Gasteiger partial charge < -0.3 is 5.11 Å². The third kappa shape index (κ3) is 4.07. The fraction of sp³-hybridized carbons (Fsp3) is 0.444. The lowest BCUT2D eigenvalue weighted by atomic mass is 9.96. The summed E-state index contributed by atoms with van der Waals surface area (Å²) in [4.78, 5) is 17.2. The molecule has 1 N–H and O–H groups in total. The molecule has 0 radical (unpaired) electrons. The van der Waals surface area contributed by atoms with Crippen LogP contribution in [0.4, 0.5) is 13.2 Å². The smallest absolute Gasteiger partial charge is 0.393 e. The zero-order chi connectivity index (χ0) is 18.9. The summed E-state index contributed by atoms with van der Waals surface area (Å²) >= 11 is 1.44. The highest BCUT2D eigenvalue weighted by Crippen LogP contribution is 2.38. The average molecular weight is 384 g/mol. The Morgan fingerprint density at radius 2 is 2.00 bits per heavy atom. The lowest BCUT2D eigenvalue weighted by molar-refractivity contribution is -0.188. The third-order valence-corrected chi connectivity index (χ3v) is 5.62. The Labute approximate surface area is 153 Å². The van der Waals surface area contributed by atoms with Crippen LogP contribution >= 0.6 is 11.3 Å². The Morgan fingerprint density at radius 1 is 1.31 bits per heavy atom. The quantitative estimate of drug-likeness (QED) is 0.844. The van der Waals surface area contributed by atoms with Gasteiger partial charge in [0.15, 0.2) is 0 Å². The fourth-order valence-electron chi connectivity index (χ4n) is 3.22. The highest BCUT2D eigenvalue weighted by Gasteiger charge is 2.52. The number of aliphatic carboxylic acids is 1. The van der Waals surface area contributed by atoms with Crippen LogP contribution in [0.15, 0.2) is 29.6 Å². The van der Waals surface area contributed by atoms with Crippen LogP contribution in [0.1, 0.15) is 18.2 Å². The normalized spacial score (nSPS) is 21.2. The topological polar surface area (TPSA) is 53.4 Å². The van der Waals surface area contributed by atoms with E-state index < -0.39 is 24.0 Å². The number of likely N-dealkylation sites (tertiary alicyclic amines) is 1. The molecule has 0 spiro atoms. The molecule has 0 unspecified atom stereocenters. The summed E-state index contributed by atoms with van der Waals surface area (Å²) in [6.45, 7) is 1.88. The molecule has 2 atom stereocenters. The Bertz CT molecular complexity index is 773. The van der Waals surface area contributed by atoms with Gasteiger partial charge >= 0.3 is 12.1 Å². The second-order valence-corrected chi connectivity index (χ2v) is 7.34. The SMILES string of the molecule is CCc1ccc(-c2nc(CN3C[C@@H](C(F)(F)F)[C@H](C(=O)O)C3)cs2)cc1. The van der Waals surface area contributed by atoms with Gasteiger partial charge in [-0.15, -0.1) is 11.3 Å². The van der Waals surface area contributed by atoms with Crippen molar-refractivity contribution in [3.8, 4) is 10.6 Å². The molecule has 2 heterocycles. The Balaban J connectivity index is 1.70. The fourth-order valence-corrected chi connectivity index (χ4v) is 4.04. The zero-order valence-corrected chi connectivity index (χ0v) is 15.0. The first-order chi connectivity index (χ1) is 12.3. The van der Waals surface area contributed by atoms with Crippen molar-refractivity contribution in [2.75, 3.05) is 13.1 Å². The molecule has 1 saturated heterocycles. The van der Waals surface area contributed by atoms with Crippen LogP contribution in [0.3, 0.4) is 0 Å². The van der Waals surface area contributed by atoms with Crippen molar-refractivity contribution in [2.24, 2.45) is 11.8 Å². The molecule has 0 saturated carbocycles. The van der Waals surface area contributed by atoms with E-state index in [9.17, 15) is 18.0 Å². The highest BCUT2D eigenvalue weighted by molar-refractivity contribution is 7.13. The number of nitrogens with zero attached hydrogens (tertiary/aromatic N) is 2. The summed E-state index contributed by atoms with van der Waals surface area (Å²) < 4.78 is 39.2. The van der Waals surface area contributed by atoms with Crippen molar-refractivity contribution in [1.29, 1.82) is 0 Å². The number of hydrogen-bond acceptors (Lipinski definition) is 4. The molecule has 0 bridgehead atoms. The monoisotopic (exact) mass is 384 g/mol. The molecule has 8 heteroatoms. The summed E-state index contributed by atoms with van der Waals surface area (Å²) in [5.41, 5.74) is 2.86. The number of benzene rings is 1. The molecule has 3 rings (SSSR count). The van der Waals surface area contributed by atoms with E-state index in [-0.39, 0.29) is 19.6 Å². The largest absolute Gasteiger partial charge is 0.481 e. The number of halogens is 3. The zero-order valence-electron chi connectivity index (χ0n) is 14.2. The minimum absolute atomic E-state index is 0.114. The first kappa shape index (κ1) is 18.8. The number of thiazole rings is 1. The molecule has 26 heavy (non-hydrogen) atoms. The van der Waals surface area contributed by atoms with Crippen LogP contribution in [0.5, 0.6) is 0 Å². The van der Waals surface area contributed by atoms with Gasteiger partial charge in [0.05, 0.1) is 17.5 Å². The van der Waals surface area contributed by atoms with Crippen LogP contribution in [0.25, 0.3) is 10.6 Å². The minimum Gasteiger partial charge on any atom is -0.481 e. The Kier molecular flexibility index (Phi) is 5.34. The molecule has 1 aromatic carbocycles. The lowest BCUT2D eigenvalue weighted by Gasteiger charge is -2.18. The maximum absolute atomic E-state index is 13.1. The summed E-state index contributed by atoms with van der Waals surface area (Å²) in [6, 6.07) is 8.03. The number of carboxylic acid groups (broad SMARTS) is 1. The predicted molar refractivity (Wildman–Crippen MR) is 92.9 cm³/mol. The highest BCUT2D eigenvalue weighted by atomic mass is 32.1. The van der Waals surface area contributed by atoms with Crippen LogP contribution in [0.2, 0.25) is 0 Å². The first-order valence-corrected chi connectivity index (χ1v) is 9.21. The molecule has 4 nitrogen and oxygen atoms in total. The average Bonchev–Trinajstić information content (AvgIpc) is 3.22. The van der Waals surface area contributed by atoms with Crippen molar-refractivity contribution >= 4 is 17.3 Å². The molecule has 1 aliphatic rings. The van der Waals surface area contributed by atoms with Crippen molar-refractivity contribution < 1.29 is 23.1 Å². The van der Waals surface area contributed by atoms with Crippen molar-refractivity contribution in [1.82, 2.24) is 9.88 Å². The van der Waals surface area contributed by atoms with E-state index in [1.807, 2.05) is 29.6 Å². The van der Waals surface area contributed by atoms with Crippen molar-refractivity contribution in [2.45, 2.75) is 26.1 Å². The number of rotatable bonds is 5. The van der Waals surface area contributed by atoms with E-state index in [4.69, 9.17) is 5.11 Å². The van der Waals surface area contributed by atoms with Gasteiger partial charge in [0.1, 0.15) is 5.01 Å². The number of aryl methyl sites for hydroxylation is 1. The van der Waals surface area contributed by atoms with Crippen LogP contribution in [-0.4, -0.2) is 40.2 Å². The summed E-state index contributed by atoms with van der Waals surface area (Å²) in [5, 5.41) is 11.7. The van der Waals surface area contributed by atoms with Gasteiger partial charge in [0.25, 0.3) is 0 Å². The number of aromatic nitrogens is 1. The number of alkyl halides is 3. The van der Waals surface area contributed by atoms with Gasteiger partial charge in [-0.1, -0.05) is 31.2 Å². The van der Waals surface area contributed by atoms with E-state index in [0.29, 0.717) is 5.69 Å². The molecule has 2 aromatic rings. The molecule has 1 fully saturated rings. The Hall–Kier alpha value is -1.93. The van der Waals surface area contributed by atoms with Gasteiger partial charge in [-0.3, -0.25) is 9.69 Å². The number of carbonyl (C=O) groups is 1. The molecule has 1 aromatic heterocycles. The van der Waals surface area contributed by atoms with Crippen LogP contribution < -0.4 is 0 Å². The van der Waals surface area contributed by atoms with Gasteiger partial charge in [0, 0.05) is 30.6 Å². The summed E-state index contributed by atoms with van der Waals surface area (Å²) in [7, 11) is 0. The lowest BCUT2D eigenvalue weighted by Crippen LogP contribution is -2.33. The third-order valence-electron chi connectivity index (χ3n) is 4.68. The second kappa shape index (κ2) is 7.36. The maximum Gasteiger partial charge on any atom is 0.393 e. The van der Waals surface area contributed by atoms with E-state index in [1.54, 1.807) is 0 Å². The van der Waals surface area contributed by atoms with Crippen molar-refractivity contribution in [3.63, 3.8) is 0 Å². The van der Waals surface area contributed by atoms with E-state index in [2.05, 4.69) is 11.9 Å². The van der Waals surface area contributed by atoms with Crippen LogP contribution in [0, 0.1) is 11.8 Å². The van der Waals surface area contributed by atoms with Gasteiger partial charge in [0.2, 0.25) is 0 Å². The van der Waals surface area contributed by atoms with Crippen molar-refractivity contribution in [3.05, 3.63) is 40.9 Å². The summed E-state index contributed by atoms with van der Waals surface area (Å²) in [5.74, 6) is -4.65. The molecule has 1 aliphatic heterocycles. The number of hydrogen-bond donors (Lipinski definition) is 1. The molecule has 0 amide bonds. The first-order valence-electron chi connectivity index (χ1n) is 8.33. The van der Waals surface area contributed by atoms with Crippen LogP contribution in [-0.2, 0) is 17.8 Å². The van der Waals surface area contributed by atoms with E-state index in [0.717, 1.165) is 17.0 Å². The Morgan fingerprint density at radius 3 is 2.54 bits per heavy atom. The summed E-state index contributed by atoms with van der Waals surface area (Å²) in [6.07, 6.45) is -3.56. The molecular formula is C18H19F3N2O2S. The number of carboxylic acids is 1. The van der Waals surface area contributed by atoms with E-state index >= 15 is 0 Å². The molecular weight excluding hydrogens is 365 g/mol. The predicted octanol–water partition coefficient (Wildman–Crippen LogP) is 4.07. The second-order valence-electron chi connectivity index (χ2n) is 6.48. The van der Waals surface area contributed by atoms with Gasteiger partial charge in [-0.2, -0.15) is 13.2 Å². The van der Waals surface area contributed by atoms with E-state index in [1.165, 1.54) is 21.8 Å². The minimum atomic E-state index is -4.51. The molecule has 0 aliphatic carbocycles. The van der Waals surface area contributed by atoms with Gasteiger partial charge in [-0.05, 0) is 12.0 Å². The van der Waals surface area contributed by atoms with Gasteiger partial charge in [-0.25, -0.2) is 4.98 Å².